The Bertz CT molecular complexity index is 944. The van der Waals surface area contributed by atoms with Crippen molar-refractivity contribution in [2.75, 3.05) is 52.9 Å². The van der Waals surface area contributed by atoms with Crippen molar-refractivity contribution in [3.63, 3.8) is 0 Å². The molecule has 39 heavy (non-hydrogen) atoms. The van der Waals surface area contributed by atoms with Crippen LogP contribution in [0.5, 0.6) is 0 Å². The van der Waals surface area contributed by atoms with Crippen molar-refractivity contribution < 1.29 is 9.59 Å². The van der Waals surface area contributed by atoms with Gasteiger partial charge in [0.05, 0.1) is 0 Å². The Balaban J connectivity index is 1.17. The van der Waals surface area contributed by atoms with Crippen LogP contribution in [-0.2, 0) is 22.7 Å². The number of carbonyl (C=O) groups is 2. The van der Waals surface area contributed by atoms with E-state index in [1.807, 2.05) is 4.90 Å². The summed E-state index contributed by atoms with van der Waals surface area (Å²) in [6.45, 7) is 11.1. The molecule has 4 fully saturated rings. The molecule has 1 aromatic rings. The predicted octanol–water partition coefficient (Wildman–Crippen LogP) is 3.87. The van der Waals surface area contributed by atoms with E-state index in [1.54, 1.807) is 0 Å². The van der Waals surface area contributed by atoms with Gasteiger partial charge in [0, 0.05) is 58.9 Å². The van der Waals surface area contributed by atoms with Crippen molar-refractivity contribution in [3.05, 3.63) is 35.4 Å². The smallest absolute Gasteiger partial charge is 0.246 e. The fourth-order valence-electron chi connectivity index (χ4n) is 7.28. The van der Waals surface area contributed by atoms with Gasteiger partial charge in [0.1, 0.15) is 11.6 Å². The second-order valence-corrected chi connectivity index (χ2v) is 12.8. The Kier molecular flexibility index (Phi) is 9.62. The number of rotatable bonds is 9. The van der Waals surface area contributed by atoms with E-state index >= 15 is 0 Å². The molecule has 1 atom stereocenters. The van der Waals surface area contributed by atoms with Gasteiger partial charge in [0.2, 0.25) is 11.8 Å². The third kappa shape index (κ3) is 6.86. The highest BCUT2D eigenvalue weighted by Gasteiger charge is 2.53. The van der Waals surface area contributed by atoms with Gasteiger partial charge in [-0.25, -0.2) is 0 Å². The second kappa shape index (κ2) is 13.1. The van der Waals surface area contributed by atoms with E-state index in [2.05, 4.69) is 58.3 Å². The number of amides is 2. The molecule has 0 unspecified atom stereocenters. The van der Waals surface area contributed by atoms with Crippen molar-refractivity contribution in [2.24, 2.45) is 5.92 Å². The first kappa shape index (κ1) is 28.6. The van der Waals surface area contributed by atoms with Gasteiger partial charge in [0.25, 0.3) is 0 Å². The zero-order chi connectivity index (χ0) is 27.2. The van der Waals surface area contributed by atoms with Crippen molar-refractivity contribution in [3.8, 4) is 0 Å². The number of likely N-dealkylation sites (tertiary alicyclic amines) is 1. The van der Waals surface area contributed by atoms with Crippen molar-refractivity contribution in [1.29, 1.82) is 0 Å². The number of carbonyl (C=O) groups excluding carboxylic acids is 2. The Morgan fingerprint density at radius 3 is 2.03 bits per heavy atom. The molecule has 3 saturated heterocycles. The average molecular weight is 538 g/mol. The molecule has 0 bridgehead atoms. The van der Waals surface area contributed by atoms with Crippen LogP contribution in [0.3, 0.4) is 0 Å². The lowest BCUT2D eigenvalue weighted by Gasteiger charge is -2.52. The molecule has 7 heteroatoms. The number of benzene rings is 1. The molecule has 1 spiro atoms. The summed E-state index contributed by atoms with van der Waals surface area (Å²) in [7, 11) is 2.20. The Hall–Kier alpha value is -1.96. The van der Waals surface area contributed by atoms with E-state index in [9.17, 15) is 9.59 Å². The number of piperidine rings is 1. The van der Waals surface area contributed by atoms with E-state index in [4.69, 9.17) is 0 Å². The van der Waals surface area contributed by atoms with Gasteiger partial charge in [0.15, 0.2) is 0 Å². The topological polar surface area (TPSA) is 59.1 Å². The van der Waals surface area contributed by atoms with Gasteiger partial charge in [-0.05, 0) is 49.8 Å². The van der Waals surface area contributed by atoms with Gasteiger partial charge in [-0.1, -0.05) is 69.7 Å². The highest BCUT2D eigenvalue weighted by atomic mass is 16.2. The largest absolute Gasteiger partial charge is 0.342 e. The van der Waals surface area contributed by atoms with E-state index in [1.165, 1.54) is 43.2 Å². The first-order valence-electron chi connectivity index (χ1n) is 15.8. The summed E-state index contributed by atoms with van der Waals surface area (Å²) in [5.74, 6) is 0.856. The summed E-state index contributed by atoms with van der Waals surface area (Å²) in [4.78, 5) is 36.9. The van der Waals surface area contributed by atoms with Crippen molar-refractivity contribution in [1.82, 2.24) is 24.9 Å². The molecular weight excluding hydrogens is 486 g/mol. The van der Waals surface area contributed by atoms with E-state index < -0.39 is 5.54 Å². The van der Waals surface area contributed by atoms with Crippen LogP contribution in [-0.4, -0.2) is 95.9 Å². The molecule has 2 amide bonds. The molecule has 3 heterocycles. The molecule has 1 saturated carbocycles. The first-order chi connectivity index (χ1) is 19.0. The van der Waals surface area contributed by atoms with Gasteiger partial charge in [-0.3, -0.25) is 19.4 Å². The monoisotopic (exact) mass is 537 g/mol. The van der Waals surface area contributed by atoms with Gasteiger partial charge in [-0.2, -0.15) is 0 Å². The van der Waals surface area contributed by atoms with Crippen LogP contribution in [0.15, 0.2) is 24.3 Å². The van der Waals surface area contributed by atoms with Crippen LogP contribution in [0, 0.1) is 5.92 Å². The Morgan fingerprint density at radius 1 is 0.846 bits per heavy atom. The summed E-state index contributed by atoms with van der Waals surface area (Å²) in [6.07, 6.45) is 10.5. The number of hydrogen-bond donors (Lipinski definition) is 1. The second-order valence-electron chi connectivity index (χ2n) is 12.8. The third-order valence-corrected chi connectivity index (χ3v) is 9.95. The molecule has 0 radical (unpaired) electrons. The molecule has 5 rings (SSSR count). The lowest BCUT2D eigenvalue weighted by atomic mass is 9.79. The zero-order valence-electron chi connectivity index (χ0n) is 24.5. The number of likely N-dealkylation sites (N-methyl/N-ethyl adjacent to an activating group) is 1. The molecule has 7 nitrogen and oxygen atoms in total. The van der Waals surface area contributed by atoms with Crippen LogP contribution < -0.4 is 5.32 Å². The first-order valence-corrected chi connectivity index (χ1v) is 15.8. The number of hydrogen-bond acceptors (Lipinski definition) is 5. The molecule has 216 valence electrons. The number of nitrogens with zero attached hydrogens (tertiary/aromatic N) is 4. The summed E-state index contributed by atoms with van der Waals surface area (Å²) < 4.78 is 0. The maximum Gasteiger partial charge on any atom is 0.246 e. The van der Waals surface area contributed by atoms with Gasteiger partial charge in [-0.15, -0.1) is 0 Å². The normalized spacial score (nSPS) is 25.8. The summed E-state index contributed by atoms with van der Waals surface area (Å²) in [5.41, 5.74) is 2.04. The minimum atomic E-state index is -0.668. The van der Waals surface area contributed by atoms with E-state index in [-0.39, 0.29) is 17.9 Å². The molecule has 1 N–H and O–H groups in total. The highest BCUT2D eigenvalue weighted by molar-refractivity contribution is 6.00. The maximum absolute atomic E-state index is 13.8. The number of nitrogens with one attached hydrogen (secondary N) is 1. The van der Waals surface area contributed by atoms with Crippen LogP contribution >= 0.6 is 0 Å². The molecule has 1 aliphatic carbocycles. The molecular formula is C32H51N5O2. The van der Waals surface area contributed by atoms with E-state index in [0.29, 0.717) is 12.5 Å². The number of piperazine rings is 2. The van der Waals surface area contributed by atoms with Crippen molar-refractivity contribution >= 4 is 11.8 Å². The van der Waals surface area contributed by atoms with Gasteiger partial charge < -0.3 is 15.1 Å². The molecule has 4 aliphatic rings. The van der Waals surface area contributed by atoms with Gasteiger partial charge >= 0.3 is 0 Å². The average Bonchev–Trinajstić information content (AvgIpc) is 2.96. The molecule has 1 aromatic carbocycles. The lowest BCUT2D eigenvalue weighted by Crippen LogP contribution is -2.73. The Labute approximate surface area is 236 Å². The fourth-order valence-corrected chi connectivity index (χ4v) is 7.28. The highest BCUT2D eigenvalue weighted by Crippen LogP contribution is 2.36. The summed E-state index contributed by atoms with van der Waals surface area (Å²) in [5, 5.41) is 3.23. The minimum absolute atomic E-state index is 0.104. The lowest BCUT2D eigenvalue weighted by molar-refractivity contribution is -0.162. The zero-order valence-corrected chi connectivity index (χ0v) is 24.5. The van der Waals surface area contributed by atoms with Crippen LogP contribution in [0.25, 0.3) is 0 Å². The standard InChI is InChI=1S/C32H51N5O2/c1-3-4-16-37-30(38)29(23-26-8-6-5-7-9-26)33-31(39)32(37)14-17-35(18-15-32)24-27-10-12-28(13-11-27)25-36-21-19-34(2)20-22-36/h10-13,26,29H,3-9,14-25H2,1-2H3,(H,33,39)/t29-/m0/s1. The minimum Gasteiger partial charge on any atom is -0.342 e. The molecule has 3 aliphatic heterocycles. The van der Waals surface area contributed by atoms with Crippen LogP contribution in [0.1, 0.15) is 82.3 Å². The fraction of sp³-hybridized carbons (Fsp3) is 0.750. The SMILES string of the molecule is CCCCN1C(=O)[C@H](CC2CCCCC2)NC(=O)C12CCN(Cc1ccc(CN3CCN(C)CC3)cc1)CC2. The van der Waals surface area contributed by atoms with E-state index in [0.717, 1.165) is 84.5 Å². The van der Waals surface area contributed by atoms with Crippen LogP contribution in [0.4, 0.5) is 0 Å². The van der Waals surface area contributed by atoms with Crippen LogP contribution in [0.2, 0.25) is 0 Å². The summed E-state index contributed by atoms with van der Waals surface area (Å²) in [6, 6.07) is 8.79. The maximum atomic E-state index is 13.8. The van der Waals surface area contributed by atoms with Crippen molar-refractivity contribution in [2.45, 2.75) is 95.8 Å². The molecule has 0 aromatic heterocycles. The Morgan fingerprint density at radius 2 is 1.44 bits per heavy atom. The predicted molar refractivity (Wildman–Crippen MR) is 156 cm³/mol. The quantitative estimate of drug-likeness (QED) is 0.518. The number of unbranched alkanes of at least 4 members (excludes halogenated alkanes) is 1. The third-order valence-electron chi connectivity index (χ3n) is 9.95. The summed E-state index contributed by atoms with van der Waals surface area (Å²) >= 11 is 0.